The van der Waals surface area contributed by atoms with Crippen LogP contribution >= 0.6 is 0 Å². The summed E-state index contributed by atoms with van der Waals surface area (Å²) < 4.78 is 0. The first-order valence-corrected chi connectivity index (χ1v) is 11.3. The third-order valence-corrected chi connectivity index (χ3v) is 6.36. The topological polar surface area (TPSA) is 42.9 Å². The highest BCUT2D eigenvalue weighted by molar-refractivity contribution is 5.80. The van der Waals surface area contributed by atoms with Gasteiger partial charge in [0, 0.05) is 58.5 Å². The number of benzene rings is 2. The van der Waals surface area contributed by atoms with Crippen molar-refractivity contribution < 1.29 is 0 Å². The van der Waals surface area contributed by atoms with Crippen LogP contribution < -0.4 is 15.5 Å². The van der Waals surface area contributed by atoms with Crippen molar-refractivity contribution >= 4 is 11.6 Å². The molecule has 5 heteroatoms. The number of aryl methyl sites for hydroxylation is 1. The first kappa shape index (κ1) is 20.7. The minimum absolute atomic E-state index is 0.486. The molecule has 0 spiro atoms. The maximum atomic E-state index is 4.46. The summed E-state index contributed by atoms with van der Waals surface area (Å²) in [5.41, 5.74) is 5.58. The summed E-state index contributed by atoms with van der Waals surface area (Å²) in [4.78, 5) is 9.37. The number of anilines is 1. The molecule has 0 aromatic heterocycles. The standard InChI is InChI=1S/C25H35N5/c1-26-25(27-18-21-10-11-24-22(17-21)9-6-14-29(24)2)28-23-12-15-30(16-13-23)19-20-7-4-3-5-8-20/h3-5,7-8,10-11,17,23H,6,9,12-16,18-19H2,1-2H3,(H2,26,27,28). The maximum absolute atomic E-state index is 4.46. The Morgan fingerprint density at radius 2 is 1.83 bits per heavy atom. The van der Waals surface area contributed by atoms with Crippen LogP contribution in [0.3, 0.4) is 0 Å². The Balaban J connectivity index is 1.24. The molecule has 2 aliphatic heterocycles. The molecule has 1 fully saturated rings. The first-order valence-electron chi connectivity index (χ1n) is 11.3. The summed E-state index contributed by atoms with van der Waals surface area (Å²) in [7, 11) is 4.05. The molecule has 5 nitrogen and oxygen atoms in total. The van der Waals surface area contributed by atoms with Crippen molar-refractivity contribution in [2.24, 2.45) is 4.99 Å². The molecule has 2 aliphatic rings. The van der Waals surface area contributed by atoms with Crippen molar-refractivity contribution in [1.82, 2.24) is 15.5 Å². The van der Waals surface area contributed by atoms with Crippen molar-refractivity contribution in [3.05, 3.63) is 65.2 Å². The van der Waals surface area contributed by atoms with Crippen molar-refractivity contribution in [2.75, 3.05) is 38.6 Å². The zero-order valence-corrected chi connectivity index (χ0v) is 18.4. The lowest BCUT2D eigenvalue weighted by Crippen LogP contribution is -2.48. The van der Waals surface area contributed by atoms with Crippen LogP contribution in [0.25, 0.3) is 0 Å². The molecule has 2 aromatic rings. The average Bonchev–Trinajstić information content (AvgIpc) is 2.78. The lowest BCUT2D eigenvalue weighted by atomic mass is 9.99. The molecule has 0 aliphatic carbocycles. The van der Waals surface area contributed by atoms with E-state index in [-0.39, 0.29) is 0 Å². The molecule has 0 unspecified atom stereocenters. The van der Waals surface area contributed by atoms with Crippen molar-refractivity contribution in [2.45, 2.75) is 44.8 Å². The SMILES string of the molecule is CN=C(NCc1ccc2c(c1)CCCN2C)NC1CCN(Cc2ccccc2)CC1. The number of aliphatic imine (C=N–C) groups is 1. The number of hydrogen-bond acceptors (Lipinski definition) is 3. The number of hydrogen-bond donors (Lipinski definition) is 2. The molecule has 30 heavy (non-hydrogen) atoms. The third-order valence-electron chi connectivity index (χ3n) is 6.36. The fraction of sp³-hybridized carbons (Fsp3) is 0.480. The lowest BCUT2D eigenvalue weighted by molar-refractivity contribution is 0.198. The minimum Gasteiger partial charge on any atom is -0.374 e. The van der Waals surface area contributed by atoms with E-state index in [4.69, 9.17) is 0 Å². The predicted molar refractivity (Wildman–Crippen MR) is 126 cm³/mol. The van der Waals surface area contributed by atoms with Gasteiger partial charge >= 0.3 is 0 Å². The van der Waals surface area contributed by atoms with Gasteiger partial charge in [-0.1, -0.05) is 42.5 Å². The second-order valence-corrected chi connectivity index (χ2v) is 8.59. The molecule has 2 N–H and O–H groups in total. The number of piperidine rings is 1. The zero-order chi connectivity index (χ0) is 20.8. The molecule has 1 saturated heterocycles. The van der Waals surface area contributed by atoms with Gasteiger partial charge in [0.05, 0.1) is 0 Å². The van der Waals surface area contributed by atoms with E-state index in [1.54, 1.807) is 0 Å². The molecule has 0 radical (unpaired) electrons. The highest BCUT2D eigenvalue weighted by Gasteiger charge is 2.20. The van der Waals surface area contributed by atoms with Crippen molar-refractivity contribution in [1.29, 1.82) is 0 Å². The van der Waals surface area contributed by atoms with Crippen molar-refractivity contribution in [3.63, 3.8) is 0 Å². The van der Waals surface area contributed by atoms with Gasteiger partial charge in [-0.15, -0.1) is 0 Å². The number of fused-ring (bicyclic) bond motifs is 1. The summed E-state index contributed by atoms with van der Waals surface area (Å²) in [5, 5.41) is 7.15. The average molecular weight is 406 g/mol. The molecule has 2 heterocycles. The molecular formula is C25H35N5. The van der Waals surface area contributed by atoms with Gasteiger partial charge in [0.2, 0.25) is 0 Å². The van der Waals surface area contributed by atoms with Gasteiger partial charge in [0.1, 0.15) is 0 Å². The predicted octanol–water partition coefficient (Wildman–Crippen LogP) is 3.40. The fourth-order valence-corrected chi connectivity index (χ4v) is 4.60. The molecule has 160 valence electrons. The van der Waals surface area contributed by atoms with Crippen LogP contribution in [0.15, 0.2) is 53.5 Å². The number of likely N-dealkylation sites (tertiary alicyclic amines) is 1. The van der Waals surface area contributed by atoms with E-state index in [2.05, 4.69) is 81.0 Å². The smallest absolute Gasteiger partial charge is 0.191 e. The molecule has 0 bridgehead atoms. The monoisotopic (exact) mass is 405 g/mol. The quantitative estimate of drug-likeness (QED) is 0.591. The number of rotatable bonds is 5. The fourth-order valence-electron chi connectivity index (χ4n) is 4.60. The Labute approximate surface area is 181 Å². The summed E-state index contributed by atoms with van der Waals surface area (Å²) in [6.07, 6.45) is 4.73. The Kier molecular flexibility index (Phi) is 6.90. The van der Waals surface area contributed by atoms with E-state index in [0.717, 1.165) is 51.5 Å². The Hall–Kier alpha value is -2.53. The van der Waals surface area contributed by atoms with Crippen LogP contribution in [0.5, 0.6) is 0 Å². The summed E-state index contributed by atoms with van der Waals surface area (Å²) in [5.74, 6) is 0.909. The van der Waals surface area contributed by atoms with Gasteiger partial charge < -0.3 is 15.5 Å². The van der Waals surface area contributed by atoms with E-state index in [1.165, 1.54) is 35.2 Å². The second kappa shape index (κ2) is 9.98. The normalized spacial score (nSPS) is 18.2. The van der Waals surface area contributed by atoms with Crippen LogP contribution in [-0.2, 0) is 19.5 Å². The van der Waals surface area contributed by atoms with E-state index in [0.29, 0.717) is 6.04 Å². The van der Waals surface area contributed by atoms with Crippen LogP contribution in [0.2, 0.25) is 0 Å². The van der Waals surface area contributed by atoms with E-state index in [9.17, 15) is 0 Å². The minimum atomic E-state index is 0.486. The van der Waals surface area contributed by atoms with E-state index < -0.39 is 0 Å². The highest BCUT2D eigenvalue weighted by Crippen LogP contribution is 2.26. The van der Waals surface area contributed by atoms with Gasteiger partial charge in [0.15, 0.2) is 5.96 Å². The van der Waals surface area contributed by atoms with Gasteiger partial charge in [-0.3, -0.25) is 9.89 Å². The summed E-state index contributed by atoms with van der Waals surface area (Å²) >= 11 is 0. The number of nitrogens with one attached hydrogen (secondary N) is 2. The third kappa shape index (κ3) is 5.33. The van der Waals surface area contributed by atoms with Crippen LogP contribution in [0, 0.1) is 0 Å². The largest absolute Gasteiger partial charge is 0.374 e. The van der Waals surface area contributed by atoms with Crippen LogP contribution in [0.4, 0.5) is 5.69 Å². The van der Waals surface area contributed by atoms with E-state index >= 15 is 0 Å². The second-order valence-electron chi connectivity index (χ2n) is 8.59. The molecule has 4 rings (SSSR count). The first-order chi connectivity index (χ1) is 14.7. The summed E-state index contributed by atoms with van der Waals surface area (Å²) in [6, 6.07) is 18.1. The molecule has 0 amide bonds. The van der Waals surface area contributed by atoms with Gasteiger partial charge in [0.25, 0.3) is 0 Å². The summed E-state index contributed by atoms with van der Waals surface area (Å²) in [6.45, 7) is 5.27. The molecule has 0 saturated carbocycles. The highest BCUT2D eigenvalue weighted by atomic mass is 15.2. The van der Waals surface area contributed by atoms with Gasteiger partial charge in [-0.2, -0.15) is 0 Å². The van der Waals surface area contributed by atoms with Crippen LogP contribution in [0.1, 0.15) is 36.0 Å². The Bertz CT molecular complexity index is 840. The Morgan fingerprint density at radius 3 is 2.60 bits per heavy atom. The number of guanidine groups is 1. The zero-order valence-electron chi connectivity index (χ0n) is 18.4. The molecule has 2 aromatic carbocycles. The van der Waals surface area contributed by atoms with Crippen molar-refractivity contribution in [3.8, 4) is 0 Å². The van der Waals surface area contributed by atoms with Gasteiger partial charge in [-0.05, 0) is 48.4 Å². The Morgan fingerprint density at radius 1 is 1.03 bits per heavy atom. The number of nitrogens with zero attached hydrogens (tertiary/aromatic N) is 3. The van der Waals surface area contributed by atoms with Crippen LogP contribution in [-0.4, -0.2) is 50.6 Å². The van der Waals surface area contributed by atoms with Gasteiger partial charge in [-0.25, -0.2) is 0 Å². The molecule has 0 atom stereocenters. The lowest BCUT2D eigenvalue weighted by Gasteiger charge is -2.33. The van der Waals surface area contributed by atoms with E-state index in [1.807, 2.05) is 7.05 Å². The maximum Gasteiger partial charge on any atom is 0.191 e. The molecular weight excluding hydrogens is 370 g/mol.